The number of hydrogen-bond donors (Lipinski definition) is 2. The molecule has 3 aromatic rings. The Morgan fingerprint density at radius 2 is 1.20 bits per heavy atom. The fourth-order valence-electron chi connectivity index (χ4n) is 3.26. The van der Waals surface area contributed by atoms with E-state index < -0.39 is 11.6 Å². The molecule has 0 bridgehead atoms. The first-order chi connectivity index (χ1) is 12.0. The number of aryl methyl sites for hydroxylation is 2. The zero-order valence-electron chi connectivity index (χ0n) is 14.2. The summed E-state index contributed by atoms with van der Waals surface area (Å²) in [5.74, 6) is -1.29. The van der Waals surface area contributed by atoms with Crippen LogP contribution in [-0.4, -0.2) is 16.2 Å². The summed E-state index contributed by atoms with van der Waals surface area (Å²) in [6, 6.07) is 21.9. The molecule has 0 amide bonds. The Labute approximate surface area is 147 Å². The second-order valence-electron chi connectivity index (χ2n) is 6.19. The first-order valence-electron chi connectivity index (χ1n) is 8.13. The van der Waals surface area contributed by atoms with Crippen LogP contribution >= 0.6 is 0 Å². The Morgan fingerprint density at radius 3 is 1.76 bits per heavy atom. The van der Waals surface area contributed by atoms with Gasteiger partial charge in [0, 0.05) is 11.1 Å². The number of carboxylic acid groups (broad SMARTS) is 1. The largest absolute Gasteiger partial charge is 0.479 e. The Hall–Kier alpha value is -2.91. The van der Waals surface area contributed by atoms with Gasteiger partial charge in [0.15, 0.2) is 0 Å². The molecule has 0 heterocycles. The molecule has 1 unspecified atom stereocenters. The molecule has 0 saturated carbocycles. The van der Waals surface area contributed by atoms with E-state index in [2.05, 4.69) is 0 Å². The Kier molecular flexibility index (Phi) is 4.43. The predicted octanol–water partition coefficient (Wildman–Crippen LogP) is 4.29. The van der Waals surface area contributed by atoms with Crippen molar-refractivity contribution in [3.05, 3.63) is 95.1 Å². The second-order valence-corrected chi connectivity index (χ2v) is 6.19. The molecule has 25 heavy (non-hydrogen) atoms. The standard InChI is InChI=1S/C22H20O3/c1-15-9-3-5-11-17(15)18-12-6-8-14-20(18)22(25,21(23)24)19-13-7-4-10-16(19)2/h3-14,25H,1-2H3,(H,23,24). The van der Waals surface area contributed by atoms with Gasteiger partial charge in [-0.1, -0.05) is 72.8 Å². The molecule has 1 atom stereocenters. The molecule has 0 saturated heterocycles. The third kappa shape index (κ3) is 2.83. The van der Waals surface area contributed by atoms with Crippen LogP contribution in [0, 0.1) is 13.8 Å². The first kappa shape index (κ1) is 16.9. The van der Waals surface area contributed by atoms with E-state index in [-0.39, 0.29) is 0 Å². The number of carboxylic acids is 1. The van der Waals surface area contributed by atoms with Gasteiger partial charge in [-0.3, -0.25) is 0 Å². The van der Waals surface area contributed by atoms with Crippen molar-refractivity contribution in [1.82, 2.24) is 0 Å². The van der Waals surface area contributed by atoms with Gasteiger partial charge in [-0.2, -0.15) is 0 Å². The van der Waals surface area contributed by atoms with Crippen molar-refractivity contribution in [2.24, 2.45) is 0 Å². The Bertz CT molecular complexity index is 930. The highest BCUT2D eigenvalue weighted by Crippen LogP contribution is 2.39. The minimum absolute atomic E-state index is 0.367. The fraction of sp³-hybridized carbons (Fsp3) is 0.136. The fourth-order valence-corrected chi connectivity index (χ4v) is 3.26. The van der Waals surface area contributed by atoms with E-state index in [1.165, 1.54) is 0 Å². The quantitative estimate of drug-likeness (QED) is 0.749. The van der Waals surface area contributed by atoms with Crippen LogP contribution in [0.15, 0.2) is 72.8 Å². The van der Waals surface area contributed by atoms with Crippen LogP contribution in [0.4, 0.5) is 0 Å². The van der Waals surface area contributed by atoms with E-state index in [1.807, 2.05) is 49.4 Å². The SMILES string of the molecule is Cc1ccccc1-c1ccccc1C(O)(C(=O)O)c1ccccc1C. The van der Waals surface area contributed by atoms with E-state index in [0.29, 0.717) is 16.7 Å². The molecule has 0 aliphatic carbocycles. The highest BCUT2D eigenvalue weighted by molar-refractivity contribution is 5.88. The van der Waals surface area contributed by atoms with E-state index >= 15 is 0 Å². The molecule has 3 rings (SSSR count). The highest BCUT2D eigenvalue weighted by Gasteiger charge is 2.42. The third-order valence-corrected chi connectivity index (χ3v) is 4.60. The van der Waals surface area contributed by atoms with E-state index in [9.17, 15) is 15.0 Å². The van der Waals surface area contributed by atoms with Crippen LogP contribution in [0.25, 0.3) is 11.1 Å². The molecule has 3 aromatic carbocycles. The van der Waals surface area contributed by atoms with Crippen LogP contribution in [0.3, 0.4) is 0 Å². The second kappa shape index (κ2) is 6.54. The van der Waals surface area contributed by atoms with Gasteiger partial charge in [0.25, 0.3) is 0 Å². The maximum atomic E-state index is 12.2. The average Bonchev–Trinajstić information content (AvgIpc) is 2.62. The monoisotopic (exact) mass is 332 g/mol. The summed E-state index contributed by atoms with van der Waals surface area (Å²) in [6.45, 7) is 3.78. The van der Waals surface area contributed by atoms with E-state index in [1.54, 1.807) is 37.3 Å². The molecule has 0 aliphatic rings. The van der Waals surface area contributed by atoms with E-state index in [0.717, 1.165) is 16.7 Å². The molecule has 0 spiro atoms. The molecular formula is C22H20O3. The smallest absolute Gasteiger partial charge is 0.345 e. The molecule has 0 fully saturated rings. The summed E-state index contributed by atoms with van der Waals surface area (Å²) in [7, 11) is 0. The van der Waals surface area contributed by atoms with Gasteiger partial charge in [0.1, 0.15) is 0 Å². The van der Waals surface area contributed by atoms with Gasteiger partial charge in [0.05, 0.1) is 0 Å². The maximum Gasteiger partial charge on any atom is 0.345 e. The van der Waals surface area contributed by atoms with E-state index in [4.69, 9.17) is 0 Å². The van der Waals surface area contributed by atoms with Crippen molar-refractivity contribution in [3.8, 4) is 11.1 Å². The Balaban J connectivity index is 2.32. The minimum Gasteiger partial charge on any atom is -0.479 e. The van der Waals surface area contributed by atoms with Gasteiger partial charge >= 0.3 is 5.97 Å². The summed E-state index contributed by atoms with van der Waals surface area (Å²) < 4.78 is 0. The molecule has 3 nitrogen and oxygen atoms in total. The lowest BCUT2D eigenvalue weighted by molar-refractivity contribution is -0.155. The summed E-state index contributed by atoms with van der Waals surface area (Å²) in [6.07, 6.45) is 0. The van der Waals surface area contributed by atoms with Gasteiger partial charge < -0.3 is 10.2 Å². The summed E-state index contributed by atoms with van der Waals surface area (Å²) >= 11 is 0. The zero-order valence-corrected chi connectivity index (χ0v) is 14.2. The number of aliphatic carboxylic acids is 1. The molecule has 126 valence electrons. The lowest BCUT2D eigenvalue weighted by Gasteiger charge is -2.28. The van der Waals surface area contributed by atoms with Crippen LogP contribution in [0.5, 0.6) is 0 Å². The number of rotatable bonds is 4. The van der Waals surface area contributed by atoms with Crippen molar-refractivity contribution in [2.45, 2.75) is 19.4 Å². The molecule has 0 aliphatic heterocycles. The number of benzene rings is 3. The highest BCUT2D eigenvalue weighted by atomic mass is 16.4. The molecule has 3 heteroatoms. The van der Waals surface area contributed by atoms with Gasteiger partial charge in [-0.25, -0.2) is 4.79 Å². The van der Waals surface area contributed by atoms with Crippen molar-refractivity contribution in [2.75, 3.05) is 0 Å². The van der Waals surface area contributed by atoms with Crippen molar-refractivity contribution < 1.29 is 15.0 Å². The van der Waals surface area contributed by atoms with Gasteiger partial charge in [-0.15, -0.1) is 0 Å². The number of hydrogen-bond acceptors (Lipinski definition) is 2. The van der Waals surface area contributed by atoms with Crippen LogP contribution in [0.1, 0.15) is 22.3 Å². The normalized spacial score (nSPS) is 13.2. The molecule has 2 N–H and O–H groups in total. The number of aliphatic hydroxyl groups is 1. The van der Waals surface area contributed by atoms with Crippen molar-refractivity contribution in [1.29, 1.82) is 0 Å². The van der Waals surface area contributed by atoms with Crippen molar-refractivity contribution >= 4 is 5.97 Å². The van der Waals surface area contributed by atoms with Gasteiger partial charge in [0.2, 0.25) is 5.60 Å². The predicted molar refractivity (Wildman–Crippen MR) is 98.4 cm³/mol. The Morgan fingerprint density at radius 1 is 0.720 bits per heavy atom. The van der Waals surface area contributed by atoms with Crippen molar-refractivity contribution in [3.63, 3.8) is 0 Å². The molecule has 0 radical (unpaired) electrons. The lowest BCUT2D eigenvalue weighted by atomic mass is 9.79. The lowest BCUT2D eigenvalue weighted by Crippen LogP contribution is -2.38. The third-order valence-electron chi connectivity index (χ3n) is 4.60. The summed E-state index contributed by atoms with van der Waals surface area (Å²) in [5, 5.41) is 21.3. The molecule has 0 aromatic heterocycles. The summed E-state index contributed by atoms with van der Waals surface area (Å²) in [5.41, 5.74) is 2.00. The maximum absolute atomic E-state index is 12.2. The summed E-state index contributed by atoms with van der Waals surface area (Å²) in [4.78, 5) is 12.2. The first-order valence-corrected chi connectivity index (χ1v) is 8.13. The zero-order chi connectivity index (χ0) is 18.0. The minimum atomic E-state index is -2.12. The number of carbonyl (C=O) groups is 1. The van der Waals surface area contributed by atoms with Crippen LogP contribution in [-0.2, 0) is 10.4 Å². The van der Waals surface area contributed by atoms with Crippen LogP contribution < -0.4 is 0 Å². The van der Waals surface area contributed by atoms with Crippen LogP contribution in [0.2, 0.25) is 0 Å². The topological polar surface area (TPSA) is 57.5 Å². The average molecular weight is 332 g/mol. The van der Waals surface area contributed by atoms with Gasteiger partial charge in [-0.05, 0) is 36.1 Å². The molecular weight excluding hydrogens is 312 g/mol.